The van der Waals surface area contributed by atoms with E-state index in [9.17, 15) is 0 Å². The predicted octanol–water partition coefficient (Wildman–Crippen LogP) is 3.00. The highest BCUT2D eigenvalue weighted by molar-refractivity contribution is 6.27. The maximum Gasteiger partial charge on any atom is 0.414 e. The molecule has 1 heterocycles. The van der Waals surface area contributed by atoms with Crippen molar-refractivity contribution in [2.24, 2.45) is 0 Å². The molecule has 0 bridgehead atoms. The highest BCUT2D eigenvalue weighted by atomic mass is 16.5. The Balaban J connectivity index is 0.000000438. The summed E-state index contributed by atoms with van der Waals surface area (Å²) in [6, 6.07) is 18.6. The first-order valence-corrected chi connectivity index (χ1v) is 9.48. The molecule has 2 N–H and O–H groups in total. The lowest BCUT2D eigenvalue weighted by molar-refractivity contribution is -0.159. The summed E-state index contributed by atoms with van der Waals surface area (Å²) in [4.78, 5) is 20.6. The number of morpholine rings is 1. The second kappa shape index (κ2) is 11.2. The van der Waals surface area contributed by atoms with Crippen LogP contribution in [-0.4, -0.2) is 65.5 Å². The van der Waals surface area contributed by atoms with Crippen LogP contribution in [0.4, 0.5) is 0 Å². The lowest BCUT2D eigenvalue weighted by Gasteiger charge is -2.35. The first-order chi connectivity index (χ1) is 13.9. The summed E-state index contributed by atoms with van der Waals surface area (Å²) in [5, 5.41) is 14.8. The van der Waals surface area contributed by atoms with Crippen LogP contribution in [-0.2, 0) is 14.3 Å². The number of para-hydroxylation sites is 1. The Labute approximate surface area is 170 Å². The average molecular weight is 401 g/mol. The standard InChI is InChI=1S/C20H25NO2.C2H2O4/c1-16-14-21(15-17(2)23-16)12-13-22-20-11-7-6-10-19(20)18-8-4-3-5-9-18;3-1(4)2(5)6/h3-11,16-17H,12-15H2,1-2H3;(H,3,4)(H,5,6). The SMILES string of the molecule is CC1CN(CCOc2ccccc2-c2ccccc2)CC(C)O1.O=C(O)C(=O)O. The molecular weight excluding hydrogens is 374 g/mol. The third-order valence-corrected chi connectivity index (χ3v) is 4.32. The fraction of sp³-hybridized carbons (Fsp3) is 0.364. The Bertz CT molecular complexity index is 773. The van der Waals surface area contributed by atoms with Gasteiger partial charge in [-0.15, -0.1) is 0 Å². The Morgan fingerprint density at radius 3 is 2.10 bits per heavy atom. The Morgan fingerprint density at radius 2 is 1.52 bits per heavy atom. The van der Waals surface area contributed by atoms with Gasteiger partial charge in [0.2, 0.25) is 0 Å². The number of carbonyl (C=O) groups is 2. The molecule has 0 radical (unpaired) electrons. The fourth-order valence-electron chi connectivity index (χ4n) is 3.20. The molecule has 1 aliphatic rings. The van der Waals surface area contributed by atoms with Gasteiger partial charge in [0.1, 0.15) is 12.4 Å². The number of carboxylic acid groups (broad SMARTS) is 2. The number of hydrogen-bond acceptors (Lipinski definition) is 5. The van der Waals surface area contributed by atoms with Gasteiger partial charge in [-0.25, -0.2) is 9.59 Å². The summed E-state index contributed by atoms with van der Waals surface area (Å²) in [5.74, 6) is -2.70. The van der Waals surface area contributed by atoms with Crippen molar-refractivity contribution in [2.75, 3.05) is 26.2 Å². The molecule has 0 aromatic heterocycles. The summed E-state index contributed by atoms with van der Waals surface area (Å²) in [6.07, 6.45) is 0.603. The third-order valence-electron chi connectivity index (χ3n) is 4.32. The topological polar surface area (TPSA) is 96.3 Å². The minimum atomic E-state index is -1.82. The molecule has 1 aliphatic heterocycles. The summed E-state index contributed by atoms with van der Waals surface area (Å²) in [7, 11) is 0. The molecule has 2 unspecified atom stereocenters. The number of nitrogens with zero attached hydrogens (tertiary/aromatic N) is 1. The maximum atomic E-state index is 9.10. The molecule has 7 heteroatoms. The van der Waals surface area contributed by atoms with E-state index in [0.29, 0.717) is 18.8 Å². The zero-order chi connectivity index (χ0) is 21.2. The largest absolute Gasteiger partial charge is 0.492 e. The highest BCUT2D eigenvalue weighted by Gasteiger charge is 2.21. The molecule has 2 atom stereocenters. The van der Waals surface area contributed by atoms with E-state index in [1.165, 1.54) is 5.56 Å². The van der Waals surface area contributed by atoms with Crippen molar-refractivity contribution in [1.82, 2.24) is 4.90 Å². The number of hydrogen-bond donors (Lipinski definition) is 2. The van der Waals surface area contributed by atoms with Crippen LogP contribution >= 0.6 is 0 Å². The van der Waals surface area contributed by atoms with E-state index in [-0.39, 0.29) is 0 Å². The fourth-order valence-corrected chi connectivity index (χ4v) is 3.20. The van der Waals surface area contributed by atoms with Crippen LogP contribution in [0.15, 0.2) is 54.6 Å². The molecule has 1 saturated heterocycles. The van der Waals surface area contributed by atoms with Crippen molar-refractivity contribution in [1.29, 1.82) is 0 Å². The van der Waals surface area contributed by atoms with Crippen LogP contribution in [0.25, 0.3) is 11.1 Å². The van der Waals surface area contributed by atoms with E-state index in [0.717, 1.165) is 30.9 Å². The Kier molecular flexibility index (Phi) is 8.64. The maximum absolute atomic E-state index is 9.10. The Morgan fingerprint density at radius 1 is 0.966 bits per heavy atom. The van der Waals surface area contributed by atoms with E-state index < -0.39 is 11.9 Å². The van der Waals surface area contributed by atoms with Gasteiger partial charge in [-0.05, 0) is 25.5 Å². The third kappa shape index (κ3) is 7.56. The quantitative estimate of drug-likeness (QED) is 0.744. The zero-order valence-electron chi connectivity index (χ0n) is 16.7. The molecule has 0 aliphatic carbocycles. The predicted molar refractivity (Wildman–Crippen MR) is 109 cm³/mol. The zero-order valence-corrected chi connectivity index (χ0v) is 16.7. The lowest BCUT2D eigenvalue weighted by atomic mass is 10.1. The molecule has 0 saturated carbocycles. The van der Waals surface area contributed by atoms with E-state index in [1.807, 2.05) is 18.2 Å². The second-order valence-corrected chi connectivity index (χ2v) is 6.84. The summed E-state index contributed by atoms with van der Waals surface area (Å²) < 4.78 is 11.9. The van der Waals surface area contributed by atoms with Crippen molar-refractivity contribution < 1.29 is 29.3 Å². The molecule has 2 aromatic rings. The van der Waals surface area contributed by atoms with Crippen molar-refractivity contribution in [3.05, 3.63) is 54.6 Å². The number of carboxylic acids is 2. The van der Waals surface area contributed by atoms with E-state index in [4.69, 9.17) is 29.3 Å². The van der Waals surface area contributed by atoms with Crippen molar-refractivity contribution >= 4 is 11.9 Å². The van der Waals surface area contributed by atoms with Gasteiger partial charge in [0, 0.05) is 25.2 Å². The molecule has 1 fully saturated rings. The minimum absolute atomic E-state index is 0.301. The van der Waals surface area contributed by atoms with Gasteiger partial charge in [0.25, 0.3) is 0 Å². The second-order valence-electron chi connectivity index (χ2n) is 6.84. The van der Waals surface area contributed by atoms with Crippen LogP contribution in [0.1, 0.15) is 13.8 Å². The molecule has 0 spiro atoms. The van der Waals surface area contributed by atoms with Gasteiger partial charge in [0.05, 0.1) is 12.2 Å². The van der Waals surface area contributed by atoms with E-state index >= 15 is 0 Å². The smallest absolute Gasteiger partial charge is 0.414 e. The van der Waals surface area contributed by atoms with Gasteiger partial charge in [-0.3, -0.25) is 4.90 Å². The monoisotopic (exact) mass is 401 g/mol. The van der Waals surface area contributed by atoms with E-state index in [1.54, 1.807) is 0 Å². The van der Waals surface area contributed by atoms with Gasteiger partial charge < -0.3 is 19.7 Å². The molecule has 0 amide bonds. The van der Waals surface area contributed by atoms with E-state index in [2.05, 4.69) is 55.1 Å². The normalized spacial score (nSPS) is 19.0. The molecule has 7 nitrogen and oxygen atoms in total. The van der Waals surface area contributed by atoms with Crippen LogP contribution in [0.2, 0.25) is 0 Å². The number of aliphatic carboxylic acids is 2. The van der Waals surface area contributed by atoms with Gasteiger partial charge >= 0.3 is 11.9 Å². The van der Waals surface area contributed by atoms with Crippen LogP contribution < -0.4 is 4.74 Å². The first kappa shape index (κ1) is 22.4. The summed E-state index contributed by atoms with van der Waals surface area (Å²) in [6.45, 7) is 7.86. The summed E-state index contributed by atoms with van der Waals surface area (Å²) >= 11 is 0. The highest BCUT2D eigenvalue weighted by Crippen LogP contribution is 2.29. The average Bonchev–Trinajstić information content (AvgIpc) is 2.69. The molecule has 2 aromatic carbocycles. The van der Waals surface area contributed by atoms with Crippen LogP contribution in [0.3, 0.4) is 0 Å². The summed E-state index contributed by atoms with van der Waals surface area (Å²) in [5.41, 5.74) is 2.34. The number of benzene rings is 2. The number of rotatable bonds is 5. The lowest BCUT2D eigenvalue weighted by Crippen LogP contribution is -2.46. The Hall–Kier alpha value is -2.90. The first-order valence-electron chi connectivity index (χ1n) is 9.48. The molecule has 156 valence electrons. The van der Waals surface area contributed by atoms with Crippen LogP contribution in [0, 0.1) is 0 Å². The van der Waals surface area contributed by atoms with Gasteiger partial charge in [0.15, 0.2) is 0 Å². The van der Waals surface area contributed by atoms with Gasteiger partial charge in [-0.2, -0.15) is 0 Å². The number of ether oxygens (including phenoxy) is 2. The van der Waals surface area contributed by atoms with Crippen molar-refractivity contribution in [3.63, 3.8) is 0 Å². The van der Waals surface area contributed by atoms with Gasteiger partial charge in [-0.1, -0.05) is 48.5 Å². The minimum Gasteiger partial charge on any atom is -0.492 e. The van der Waals surface area contributed by atoms with Crippen molar-refractivity contribution in [2.45, 2.75) is 26.1 Å². The van der Waals surface area contributed by atoms with Crippen LogP contribution in [0.5, 0.6) is 5.75 Å². The molecule has 3 rings (SSSR count). The van der Waals surface area contributed by atoms with Crippen molar-refractivity contribution in [3.8, 4) is 16.9 Å². The molecule has 29 heavy (non-hydrogen) atoms. The molecular formula is C22H27NO6.